The number of carbonyl (C=O) groups is 1. The first-order chi connectivity index (χ1) is 9.28. The van der Waals surface area contributed by atoms with Crippen molar-refractivity contribution in [1.82, 2.24) is 5.32 Å². The third kappa shape index (κ3) is 3.39. The third-order valence-electron chi connectivity index (χ3n) is 3.86. The second kappa shape index (κ2) is 5.56. The first-order valence-corrected chi connectivity index (χ1v) is 8.68. The van der Waals surface area contributed by atoms with Crippen molar-refractivity contribution in [3.63, 3.8) is 0 Å². The van der Waals surface area contributed by atoms with Gasteiger partial charge in [-0.1, -0.05) is 23.8 Å². The fraction of sp³-hybridized carbons (Fsp3) is 0.533. The minimum atomic E-state index is -3.02. The van der Waals surface area contributed by atoms with E-state index in [1.54, 1.807) is 0 Å². The average molecular weight is 295 g/mol. The van der Waals surface area contributed by atoms with Gasteiger partial charge in [-0.3, -0.25) is 4.79 Å². The van der Waals surface area contributed by atoms with Crippen molar-refractivity contribution >= 4 is 15.7 Å². The Balaban J connectivity index is 2.06. The van der Waals surface area contributed by atoms with Crippen LogP contribution in [0.25, 0.3) is 0 Å². The Morgan fingerprint density at radius 2 is 2.05 bits per heavy atom. The highest BCUT2D eigenvalue weighted by molar-refractivity contribution is 7.91. The normalized spacial score (nSPS) is 22.4. The number of sulfone groups is 1. The highest BCUT2D eigenvalue weighted by Crippen LogP contribution is 2.22. The highest BCUT2D eigenvalue weighted by atomic mass is 32.2. The molecule has 20 heavy (non-hydrogen) atoms. The van der Waals surface area contributed by atoms with Crippen molar-refractivity contribution in [1.29, 1.82) is 0 Å². The van der Waals surface area contributed by atoms with Crippen LogP contribution in [0.1, 0.15) is 36.1 Å². The van der Waals surface area contributed by atoms with Crippen molar-refractivity contribution in [3.8, 4) is 0 Å². The molecule has 0 aromatic heterocycles. The van der Waals surface area contributed by atoms with Crippen LogP contribution >= 0.6 is 0 Å². The number of benzene rings is 1. The lowest BCUT2D eigenvalue weighted by molar-refractivity contribution is -0.124. The number of aryl methyl sites for hydroxylation is 2. The smallest absolute Gasteiger partial charge is 0.224 e. The van der Waals surface area contributed by atoms with E-state index in [1.807, 2.05) is 32.9 Å². The Labute approximate surface area is 120 Å². The number of hydrogen-bond donors (Lipinski definition) is 1. The van der Waals surface area contributed by atoms with E-state index in [-0.39, 0.29) is 23.5 Å². The molecule has 110 valence electrons. The van der Waals surface area contributed by atoms with E-state index >= 15 is 0 Å². The number of hydrogen-bond acceptors (Lipinski definition) is 3. The topological polar surface area (TPSA) is 63.2 Å². The predicted molar refractivity (Wildman–Crippen MR) is 79.2 cm³/mol. The molecule has 1 amide bonds. The van der Waals surface area contributed by atoms with E-state index < -0.39 is 15.8 Å². The molecule has 0 spiro atoms. The summed E-state index contributed by atoms with van der Waals surface area (Å²) in [5, 5.41) is 2.94. The van der Waals surface area contributed by atoms with Gasteiger partial charge in [-0.2, -0.15) is 0 Å². The van der Waals surface area contributed by atoms with Gasteiger partial charge in [-0.05, 0) is 38.3 Å². The summed E-state index contributed by atoms with van der Waals surface area (Å²) in [4.78, 5) is 12.1. The molecular formula is C15H21NO3S. The fourth-order valence-electron chi connectivity index (χ4n) is 2.64. The molecule has 1 aromatic rings. The summed E-state index contributed by atoms with van der Waals surface area (Å²) in [6.07, 6.45) is 0.438. The van der Waals surface area contributed by atoms with E-state index in [9.17, 15) is 13.2 Å². The Kier molecular flexibility index (Phi) is 4.18. The maximum Gasteiger partial charge on any atom is 0.224 e. The summed E-state index contributed by atoms with van der Waals surface area (Å²) in [5.74, 6) is -0.437. The van der Waals surface area contributed by atoms with Crippen LogP contribution in [0.5, 0.6) is 0 Å². The van der Waals surface area contributed by atoms with Gasteiger partial charge in [-0.15, -0.1) is 0 Å². The largest absolute Gasteiger partial charge is 0.349 e. The second-order valence-corrected chi connectivity index (χ2v) is 7.92. The van der Waals surface area contributed by atoms with Crippen molar-refractivity contribution < 1.29 is 13.2 Å². The van der Waals surface area contributed by atoms with E-state index in [4.69, 9.17) is 0 Å². The zero-order valence-corrected chi connectivity index (χ0v) is 13.0. The number of nitrogens with one attached hydrogen (secondary N) is 1. The van der Waals surface area contributed by atoms with Crippen molar-refractivity contribution in [2.24, 2.45) is 5.92 Å². The Bertz CT molecular complexity index is 622. The van der Waals surface area contributed by atoms with Gasteiger partial charge in [0, 0.05) is 0 Å². The summed E-state index contributed by atoms with van der Waals surface area (Å²) in [7, 11) is -3.02. The maximum absolute atomic E-state index is 12.1. The average Bonchev–Trinajstić information content (AvgIpc) is 2.72. The Hall–Kier alpha value is -1.36. The Morgan fingerprint density at radius 3 is 2.65 bits per heavy atom. The zero-order chi connectivity index (χ0) is 14.9. The maximum atomic E-state index is 12.1. The molecule has 0 saturated carbocycles. The Morgan fingerprint density at radius 1 is 1.35 bits per heavy atom. The molecule has 1 saturated heterocycles. The second-order valence-electron chi connectivity index (χ2n) is 5.69. The van der Waals surface area contributed by atoms with Crippen LogP contribution in [0.15, 0.2) is 18.2 Å². The molecule has 4 nitrogen and oxygen atoms in total. The minimum absolute atomic E-state index is 0.0155. The van der Waals surface area contributed by atoms with Gasteiger partial charge >= 0.3 is 0 Å². The van der Waals surface area contributed by atoms with Gasteiger partial charge in [0.15, 0.2) is 9.84 Å². The van der Waals surface area contributed by atoms with Crippen LogP contribution in [0, 0.1) is 19.8 Å². The molecule has 1 heterocycles. The van der Waals surface area contributed by atoms with E-state index in [0.717, 1.165) is 16.7 Å². The van der Waals surface area contributed by atoms with Gasteiger partial charge < -0.3 is 5.32 Å². The SMILES string of the molecule is Cc1ccc(C)c([C@@H](C)NC(=O)[C@H]2CCS(=O)(=O)C2)c1. The van der Waals surface area contributed by atoms with E-state index in [1.165, 1.54) is 0 Å². The molecular weight excluding hydrogens is 274 g/mol. The van der Waals surface area contributed by atoms with Gasteiger partial charge in [0.05, 0.1) is 23.5 Å². The van der Waals surface area contributed by atoms with Crippen molar-refractivity contribution in [3.05, 3.63) is 34.9 Å². The quantitative estimate of drug-likeness (QED) is 0.926. The lowest BCUT2D eigenvalue weighted by atomic mass is 9.99. The van der Waals surface area contributed by atoms with Gasteiger partial charge in [0.2, 0.25) is 5.91 Å². The molecule has 1 aliphatic heterocycles. The summed E-state index contributed by atoms with van der Waals surface area (Å²) in [6, 6.07) is 6.03. The molecule has 0 aliphatic carbocycles. The van der Waals surface area contributed by atoms with Gasteiger partial charge in [-0.25, -0.2) is 8.42 Å². The van der Waals surface area contributed by atoms with E-state index in [2.05, 4.69) is 11.4 Å². The van der Waals surface area contributed by atoms with Crippen LogP contribution in [-0.2, 0) is 14.6 Å². The summed E-state index contributed by atoms with van der Waals surface area (Å²) >= 11 is 0. The number of amides is 1. The van der Waals surface area contributed by atoms with Gasteiger partial charge in [0.25, 0.3) is 0 Å². The minimum Gasteiger partial charge on any atom is -0.349 e. The van der Waals surface area contributed by atoms with Crippen molar-refractivity contribution in [2.75, 3.05) is 11.5 Å². The lowest BCUT2D eigenvalue weighted by Gasteiger charge is -2.19. The molecule has 1 fully saturated rings. The monoisotopic (exact) mass is 295 g/mol. The molecule has 5 heteroatoms. The zero-order valence-electron chi connectivity index (χ0n) is 12.1. The molecule has 1 aliphatic rings. The van der Waals surface area contributed by atoms with Crippen LogP contribution < -0.4 is 5.32 Å². The highest BCUT2D eigenvalue weighted by Gasteiger charge is 2.33. The van der Waals surface area contributed by atoms with Gasteiger partial charge in [0.1, 0.15) is 0 Å². The van der Waals surface area contributed by atoms with E-state index in [0.29, 0.717) is 6.42 Å². The molecule has 1 N–H and O–H groups in total. The van der Waals surface area contributed by atoms with Crippen LogP contribution in [0.3, 0.4) is 0 Å². The summed E-state index contributed by atoms with van der Waals surface area (Å²) in [5.41, 5.74) is 3.36. The summed E-state index contributed by atoms with van der Waals surface area (Å²) in [6.45, 7) is 5.96. The standard InChI is InChI=1S/C15H21NO3S/c1-10-4-5-11(2)14(8-10)12(3)16-15(17)13-6-7-20(18,19)9-13/h4-5,8,12-13H,6-7,9H2,1-3H3,(H,16,17)/t12-,13+/m1/s1. The van der Waals surface area contributed by atoms with Crippen LogP contribution in [0.2, 0.25) is 0 Å². The fourth-order valence-corrected chi connectivity index (χ4v) is 4.38. The first-order valence-electron chi connectivity index (χ1n) is 6.86. The third-order valence-corrected chi connectivity index (χ3v) is 5.63. The summed E-state index contributed by atoms with van der Waals surface area (Å²) < 4.78 is 22.8. The molecule has 2 atom stereocenters. The molecule has 2 rings (SSSR count). The van der Waals surface area contributed by atoms with Crippen molar-refractivity contribution in [2.45, 2.75) is 33.2 Å². The lowest BCUT2D eigenvalue weighted by Crippen LogP contribution is -2.33. The molecule has 0 bridgehead atoms. The number of carbonyl (C=O) groups excluding carboxylic acids is 1. The molecule has 0 radical (unpaired) electrons. The first kappa shape index (κ1) is 15.0. The predicted octanol–water partition coefficient (Wildman–Crippen LogP) is 1.92. The van der Waals surface area contributed by atoms with Crippen LogP contribution in [-0.4, -0.2) is 25.8 Å². The number of rotatable bonds is 3. The molecule has 1 aromatic carbocycles. The molecule has 0 unspecified atom stereocenters. The van der Waals surface area contributed by atoms with Crippen LogP contribution in [0.4, 0.5) is 0 Å².